The van der Waals surface area contributed by atoms with Gasteiger partial charge in [-0.05, 0) is 24.1 Å². The Kier molecular flexibility index (Phi) is 2.18. The van der Waals surface area contributed by atoms with Crippen molar-refractivity contribution < 1.29 is 4.52 Å². The highest BCUT2D eigenvalue weighted by molar-refractivity contribution is 5.74. The molecular weight excluding hydrogens is 178 g/mol. The highest BCUT2D eigenvalue weighted by atomic mass is 16.5. The van der Waals surface area contributed by atoms with Crippen LogP contribution in [0.5, 0.6) is 0 Å². The van der Waals surface area contributed by atoms with Crippen LogP contribution >= 0.6 is 0 Å². The predicted octanol–water partition coefficient (Wildman–Crippen LogP) is 1.88. The maximum Gasteiger partial charge on any atom is 0.230 e. The van der Waals surface area contributed by atoms with Crippen molar-refractivity contribution in [3.63, 3.8) is 0 Å². The van der Waals surface area contributed by atoms with Crippen molar-refractivity contribution in [2.24, 2.45) is 0 Å². The Labute approximate surface area is 81.7 Å². The van der Waals surface area contributed by atoms with Gasteiger partial charge in [-0.3, -0.25) is 4.98 Å². The normalized spacial score (nSPS) is 10.4. The van der Waals surface area contributed by atoms with E-state index in [4.69, 9.17) is 10.3 Å². The molecule has 0 aliphatic heterocycles. The molecule has 0 aromatic carbocycles. The molecule has 2 heterocycles. The molecule has 72 valence electrons. The number of pyridine rings is 1. The second-order valence-electron chi connectivity index (χ2n) is 2.96. The summed E-state index contributed by atoms with van der Waals surface area (Å²) in [6.07, 6.45) is 4.25. The van der Waals surface area contributed by atoms with E-state index in [1.165, 1.54) is 0 Å². The highest BCUT2D eigenvalue weighted by Crippen LogP contribution is 2.29. The number of aromatic nitrogens is 2. The maximum atomic E-state index is 5.70. The second kappa shape index (κ2) is 3.49. The third-order valence-corrected chi connectivity index (χ3v) is 2.09. The average molecular weight is 189 g/mol. The Hall–Kier alpha value is -1.84. The Bertz CT molecular complexity index is 422. The topological polar surface area (TPSA) is 64.9 Å². The number of nitrogens with two attached hydrogens (primary N) is 1. The number of hydrogen-bond donors (Lipinski definition) is 1. The molecule has 2 aromatic rings. The van der Waals surface area contributed by atoms with E-state index in [2.05, 4.69) is 10.1 Å². The third kappa shape index (κ3) is 1.35. The molecule has 2 rings (SSSR count). The summed E-state index contributed by atoms with van der Waals surface area (Å²) < 4.78 is 4.95. The number of nitrogens with zero attached hydrogens (tertiary/aromatic N) is 2. The first-order valence-electron chi connectivity index (χ1n) is 4.47. The summed E-state index contributed by atoms with van der Waals surface area (Å²) >= 11 is 0. The molecule has 0 saturated heterocycles. The quantitative estimate of drug-likeness (QED) is 0.783. The smallest absolute Gasteiger partial charge is 0.230 e. The molecule has 4 heteroatoms. The molecule has 0 aliphatic rings. The number of nitrogen functional groups attached to an aromatic ring is 1. The van der Waals surface area contributed by atoms with E-state index in [9.17, 15) is 0 Å². The lowest BCUT2D eigenvalue weighted by Gasteiger charge is -1.98. The minimum absolute atomic E-state index is 0.369. The summed E-state index contributed by atoms with van der Waals surface area (Å²) in [5, 5.41) is 3.89. The molecule has 0 saturated carbocycles. The molecular formula is C10H11N3O. The van der Waals surface area contributed by atoms with Crippen LogP contribution in [0.4, 0.5) is 5.88 Å². The van der Waals surface area contributed by atoms with Crippen molar-refractivity contribution in [3.8, 4) is 11.1 Å². The lowest BCUT2D eigenvalue weighted by atomic mass is 10.1. The van der Waals surface area contributed by atoms with E-state index in [-0.39, 0.29) is 0 Å². The van der Waals surface area contributed by atoms with Crippen LogP contribution in [0.2, 0.25) is 0 Å². The zero-order valence-electron chi connectivity index (χ0n) is 7.90. The average Bonchev–Trinajstić information content (AvgIpc) is 2.61. The summed E-state index contributed by atoms with van der Waals surface area (Å²) in [6.45, 7) is 2.02. The first-order valence-corrected chi connectivity index (χ1v) is 4.47. The van der Waals surface area contributed by atoms with Gasteiger partial charge in [-0.2, -0.15) is 0 Å². The van der Waals surface area contributed by atoms with E-state index >= 15 is 0 Å². The minimum atomic E-state index is 0.369. The molecule has 0 aliphatic carbocycles. The largest absolute Gasteiger partial charge is 0.367 e. The number of anilines is 1. The van der Waals surface area contributed by atoms with Crippen LogP contribution in [0.25, 0.3) is 11.1 Å². The molecule has 0 spiro atoms. The van der Waals surface area contributed by atoms with Gasteiger partial charge in [0.2, 0.25) is 5.88 Å². The van der Waals surface area contributed by atoms with Gasteiger partial charge in [-0.25, -0.2) is 0 Å². The van der Waals surface area contributed by atoms with Crippen molar-refractivity contribution in [2.45, 2.75) is 13.3 Å². The first kappa shape index (κ1) is 8.74. The van der Waals surface area contributed by atoms with Crippen molar-refractivity contribution >= 4 is 5.88 Å². The van der Waals surface area contributed by atoms with Crippen molar-refractivity contribution in [3.05, 3.63) is 30.2 Å². The van der Waals surface area contributed by atoms with Gasteiger partial charge >= 0.3 is 0 Å². The molecule has 0 atom stereocenters. The van der Waals surface area contributed by atoms with Gasteiger partial charge in [0.1, 0.15) is 0 Å². The summed E-state index contributed by atoms with van der Waals surface area (Å²) in [6, 6.07) is 3.78. The SMILES string of the molecule is CCc1noc(N)c1-c1ccncc1. The Morgan fingerprint density at radius 2 is 2.07 bits per heavy atom. The number of aryl methyl sites for hydroxylation is 1. The lowest BCUT2D eigenvalue weighted by Crippen LogP contribution is -1.89. The van der Waals surface area contributed by atoms with Gasteiger partial charge in [0, 0.05) is 12.4 Å². The minimum Gasteiger partial charge on any atom is -0.367 e. The van der Waals surface area contributed by atoms with E-state index in [0.717, 1.165) is 23.2 Å². The van der Waals surface area contributed by atoms with Gasteiger partial charge in [-0.15, -0.1) is 0 Å². The van der Waals surface area contributed by atoms with Gasteiger partial charge in [-0.1, -0.05) is 12.1 Å². The van der Waals surface area contributed by atoms with E-state index < -0.39 is 0 Å². The molecule has 0 radical (unpaired) electrons. The van der Waals surface area contributed by atoms with Gasteiger partial charge in [0.05, 0.1) is 11.3 Å². The maximum absolute atomic E-state index is 5.70. The molecule has 2 N–H and O–H groups in total. The van der Waals surface area contributed by atoms with Crippen LogP contribution in [0.15, 0.2) is 29.0 Å². The molecule has 0 amide bonds. The standard InChI is InChI=1S/C10H11N3O/c1-2-8-9(10(11)14-13-8)7-3-5-12-6-4-7/h3-6H,2,11H2,1H3. The third-order valence-electron chi connectivity index (χ3n) is 2.09. The van der Waals surface area contributed by atoms with Gasteiger partial charge in [0.15, 0.2) is 0 Å². The predicted molar refractivity (Wildman–Crippen MR) is 53.5 cm³/mol. The number of rotatable bonds is 2. The molecule has 0 fully saturated rings. The van der Waals surface area contributed by atoms with Gasteiger partial charge < -0.3 is 10.3 Å². The van der Waals surface area contributed by atoms with Crippen LogP contribution in [0.1, 0.15) is 12.6 Å². The highest BCUT2D eigenvalue weighted by Gasteiger charge is 2.13. The molecule has 14 heavy (non-hydrogen) atoms. The zero-order chi connectivity index (χ0) is 9.97. The lowest BCUT2D eigenvalue weighted by molar-refractivity contribution is 0.428. The Balaban J connectivity index is 2.55. The summed E-state index contributed by atoms with van der Waals surface area (Å²) in [7, 11) is 0. The van der Waals surface area contributed by atoms with E-state index in [0.29, 0.717) is 5.88 Å². The van der Waals surface area contributed by atoms with E-state index in [1.807, 2.05) is 19.1 Å². The fourth-order valence-electron chi connectivity index (χ4n) is 1.41. The molecule has 2 aromatic heterocycles. The molecule has 0 bridgehead atoms. The van der Waals surface area contributed by atoms with Crippen LogP contribution in [0, 0.1) is 0 Å². The van der Waals surface area contributed by atoms with Crippen LogP contribution < -0.4 is 5.73 Å². The summed E-state index contributed by atoms with van der Waals surface area (Å²) in [5.41, 5.74) is 8.46. The first-order chi connectivity index (χ1) is 6.83. The molecule has 4 nitrogen and oxygen atoms in total. The summed E-state index contributed by atoms with van der Waals surface area (Å²) in [5.74, 6) is 0.369. The monoisotopic (exact) mass is 189 g/mol. The van der Waals surface area contributed by atoms with Crippen LogP contribution in [-0.4, -0.2) is 10.1 Å². The summed E-state index contributed by atoms with van der Waals surface area (Å²) in [4.78, 5) is 3.95. The van der Waals surface area contributed by atoms with Crippen molar-refractivity contribution in [1.82, 2.24) is 10.1 Å². The van der Waals surface area contributed by atoms with Crippen molar-refractivity contribution in [2.75, 3.05) is 5.73 Å². The van der Waals surface area contributed by atoms with Gasteiger partial charge in [0.25, 0.3) is 0 Å². The Morgan fingerprint density at radius 3 is 2.71 bits per heavy atom. The van der Waals surface area contributed by atoms with Crippen molar-refractivity contribution in [1.29, 1.82) is 0 Å². The van der Waals surface area contributed by atoms with Crippen LogP contribution in [-0.2, 0) is 6.42 Å². The Morgan fingerprint density at radius 1 is 1.36 bits per heavy atom. The van der Waals surface area contributed by atoms with E-state index in [1.54, 1.807) is 12.4 Å². The second-order valence-corrected chi connectivity index (χ2v) is 2.96. The zero-order valence-corrected chi connectivity index (χ0v) is 7.90. The van der Waals surface area contributed by atoms with Crippen LogP contribution in [0.3, 0.4) is 0 Å². The number of hydrogen-bond acceptors (Lipinski definition) is 4. The fourth-order valence-corrected chi connectivity index (χ4v) is 1.41. The molecule has 0 unspecified atom stereocenters. The fraction of sp³-hybridized carbons (Fsp3) is 0.200.